The summed E-state index contributed by atoms with van der Waals surface area (Å²) in [6.45, 7) is 2.25. The molecule has 1 rings (SSSR count). The first-order chi connectivity index (χ1) is 13.1. The summed E-state index contributed by atoms with van der Waals surface area (Å²) in [4.78, 5) is 23.5. The number of hydrogen-bond donors (Lipinski definition) is 0. The number of carbonyl (C=O) groups is 2. The van der Waals surface area contributed by atoms with E-state index in [1.807, 2.05) is 12.1 Å². The minimum absolute atomic E-state index is 0.164. The van der Waals surface area contributed by atoms with Gasteiger partial charge in [0, 0.05) is 12.8 Å². The van der Waals surface area contributed by atoms with Gasteiger partial charge in [-0.25, -0.2) is 0 Å². The Kier molecular flexibility index (Phi) is 12.3. The van der Waals surface area contributed by atoms with E-state index in [-0.39, 0.29) is 6.42 Å². The van der Waals surface area contributed by atoms with Crippen molar-refractivity contribution in [2.75, 3.05) is 14.2 Å². The van der Waals surface area contributed by atoms with Gasteiger partial charge in [0.2, 0.25) is 0 Å². The lowest BCUT2D eigenvalue weighted by atomic mass is 10.0. The fourth-order valence-electron chi connectivity index (χ4n) is 3.20. The Hall–Kier alpha value is -1.78. The van der Waals surface area contributed by atoms with Gasteiger partial charge in [-0.15, -0.1) is 0 Å². The Morgan fingerprint density at radius 3 is 1.81 bits per heavy atom. The summed E-state index contributed by atoms with van der Waals surface area (Å²) < 4.78 is 15.1. The van der Waals surface area contributed by atoms with E-state index >= 15 is 0 Å². The second kappa shape index (κ2) is 14.3. The van der Waals surface area contributed by atoms with Gasteiger partial charge in [-0.2, -0.15) is 0 Å². The van der Waals surface area contributed by atoms with E-state index in [9.17, 15) is 9.59 Å². The van der Waals surface area contributed by atoms with Crippen LogP contribution in [0.25, 0.3) is 0 Å². The van der Waals surface area contributed by atoms with Crippen molar-refractivity contribution < 1.29 is 23.5 Å². The van der Waals surface area contributed by atoms with E-state index in [0.717, 1.165) is 18.6 Å². The molecule has 0 fully saturated rings. The van der Waals surface area contributed by atoms with E-state index in [0.29, 0.717) is 5.76 Å². The van der Waals surface area contributed by atoms with Crippen LogP contribution in [0.2, 0.25) is 0 Å². The monoisotopic (exact) mass is 380 g/mol. The van der Waals surface area contributed by atoms with Crippen LogP contribution in [0.4, 0.5) is 0 Å². The van der Waals surface area contributed by atoms with Crippen molar-refractivity contribution in [3.63, 3.8) is 0 Å². The first-order valence-corrected chi connectivity index (χ1v) is 10.4. The average Bonchev–Trinajstić information content (AvgIpc) is 3.13. The molecule has 0 aliphatic carbocycles. The van der Waals surface area contributed by atoms with Gasteiger partial charge in [0.25, 0.3) is 0 Å². The van der Waals surface area contributed by atoms with Crippen LogP contribution in [0.1, 0.15) is 82.7 Å². The molecule has 0 aromatic carbocycles. The molecule has 27 heavy (non-hydrogen) atoms. The van der Waals surface area contributed by atoms with Crippen molar-refractivity contribution in [3.05, 3.63) is 23.7 Å². The van der Waals surface area contributed by atoms with Crippen molar-refractivity contribution in [3.8, 4) is 0 Å². The Bertz CT molecular complexity index is 519. The van der Waals surface area contributed by atoms with Crippen LogP contribution in [-0.4, -0.2) is 26.2 Å². The van der Waals surface area contributed by atoms with Crippen LogP contribution in [-0.2, 0) is 31.9 Å². The molecule has 1 heterocycles. The quantitative estimate of drug-likeness (QED) is 0.236. The Labute approximate surface area is 163 Å². The van der Waals surface area contributed by atoms with Gasteiger partial charge in [0.05, 0.1) is 14.2 Å². The summed E-state index contributed by atoms with van der Waals surface area (Å²) in [6.07, 6.45) is 14.1. The highest BCUT2D eigenvalue weighted by atomic mass is 16.5. The lowest BCUT2D eigenvalue weighted by molar-refractivity contribution is -0.158. The molecule has 0 unspecified atom stereocenters. The summed E-state index contributed by atoms with van der Waals surface area (Å²) in [5, 5.41) is 0. The zero-order chi connectivity index (χ0) is 19.9. The molecular formula is C22H36O5. The number of ether oxygens (including phenoxy) is 2. The topological polar surface area (TPSA) is 65.7 Å². The number of rotatable bonds is 15. The molecule has 0 aliphatic rings. The van der Waals surface area contributed by atoms with Crippen molar-refractivity contribution in [1.29, 1.82) is 0 Å². The van der Waals surface area contributed by atoms with E-state index in [1.165, 1.54) is 72.0 Å². The standard InChI is InChI=1S/C22H36O5/c1-4-5-6-7-8-9-10-11-12-13-14-18-15-16-19(27-18)17-20(21(23)25-2)22(24)26-3/h15-16,20H,4-14,17H2,1-3H3. The summed E-state index contributed by atoms with van der Waals surface area (Å²) in [5.41, 5.74) is 0. The fraction of sp³-hybridized carbons (Fsp3) is 0.727. The van der Waals surface area contributed by atoms with Crippen molar-refractivity contribution in [2.45, 2.75) is 84.0 Å². The van der Waals surface area contributed by atoms with Crippen molar-refractivity contribution in [1.82, 2.24) is 0 Å². The molecule has 0 saturated heterocycles. The van der Waals surface area contributed by atoms with Crippen LogP contribution in [0, 0.1) is 5.92 Å². The summed E-state index contributed by atoms with van der Waals surface area (Å²) in [5.74, 6) is -0.670. The normalized spacial score (nSPS) is 11.0. The van der Waals surface area contributed by atoms with E-state index in [2.05, 4.69) is 16.4 Å². The first kappa shape index (κ1) is 23.3. The highest BCUT2D eigenvalue weighted by molar-refractivity contribution is 5.95. The fourth-order valence-corrected chi connectivity index (χ4v) is 3.20. The lowest BCUT2D eigenvalue weighted by Crippen LogP contribution is -2.28. The zero-order valence-electron chi connectivity index (χ0n) is 17.3. The third-order valence-corrected chi connectivity index (χ3v) is 4.87. The van der Waals surface area contributed by atoms with Gasteiger partial charge < -0.3 is 13.9 Å². The van der Waals surface area contributed by atoms with E-state index in [4.69, 9.17) is 4.42 Å². The molecule has 154 valence electrons. The minimum atomic E-state index is -0.976. The number of furan rings is 1. The third kappa shape index (κ3) is 9.64. The number of methoxy groups -OCH3 is 2. The first-order valence-electron chi connectivity index (χ1n) is 10.4. The van der Waals surface area contributed by atoms with Gasteiger partial charge in [-0.05, 0) is 18.6 Å². The van der Waals surface area contributed by atoms with Crippen LogP contribution in [0.3, 0.4) is 0 Å². The highest BCUT2D eigenvalue weighted by Gasteiger charge is 2.30. The Morgan fingerprint density at radius 1 is 0.815 bits per heavy atom. The molecule has 5 nitrogen and oxygen atoms in total. The summed E-state index contributed by atoms with van der Waals surface area (Å²) >= 11 is 0. The average molecular weight is 381 g/mol. The molecule has 5 heteroatoms. The minimum Gasteiger partial charge on any atom is -0.468 e. The number of esters is 2. The smallest absolute Gasteiger partial charge is 0.320 e. The maximum atomic E-state index is 11.7. The summed E-state index contributed by atoms with van der Waals surface area (Å²) in [6, 6.07) is 3.75. The van der Waals surface area contributed by atoms with E-state index < -0.39 is 17.9 Å². The maximum absolute atomic E-state index is 11.7. The molecule has 0 aliphatic heterocycles. The van der Waals surface area contributed by atoms with Crippen molar-refractivity contribution in [2.24, 2.45) is 5.92 Å². The van der Waals surface area contributed by atoms with Gasteiger partial charge in [-0.1, -0.05) is 64.7 Å². The second-order valence-electron chi connectivity index (χ2n) is 7.10. The van der Waals surface area contributed by atoms with Crippen LogP contribution >= 0.6 is 0 Å². The molecule has 0 radical (unpaired) electrons. The predicted octanol–water partition coefficient (Wildman–Crippen LogP) is 5.25. The molecule has 0 atom stereocenters. The number of aryl methyl sites for hydroxylation is 1. The molecule has 1 aromatic heterocycles. The van der Waals surface area contributed by atoms with Gasteiger partial charge >= 0.3 is 11.9 Å². The number of unbranched alkanes of at least 4 members (excludes halogenated alkanes) is 9. The van der Waals surface area contributed by atoms with Gasteiger partial charge in [-0.3, -0.25) is 9.59 Å². The number of hydrogen-bond acceptors (Lipinski definition) is 5. The van der Waals surface area contributed by atoms with Gasteiger partial charge in [0.15, 0.2) is 5.92 Å². The number of carbonyl (C=O) groups excluding carboxylic acids is 2. The maximum Gasteiger partial charge on any atom is 0.320 e. The van der Waals surface area contributed by atoms with E-state index in [1.54, 1.807) is 0 Å². The largest absolute Gasteiger partial charge is 0.468 e. The zero-order valence-corrected chi connectivity index (χ0v) is 17.3. The molecular weight excluding hydrogens is 344 g/mol. The molecule has 0 spiro atoms. The second-order valence-corrected chi connectivity index (χ2v) is 7.10. The molecule has 0 saturated carbocycles. The lowest BCUT2D eigenvalue weighted by Gasteiger charge is -2.10. The Balaban J connectivity index is 2.22. The SMILES string of the molecule is CCCCCCCCCCCCc1ccc(CC(C(=O)OC)C(=O)OC)o1. The molecule has 1 aromatic rings. The molecule has 0 bridgehead atoms. The summed E-state index contributed by atoms with van der Waals surface area (Å²) in [7, 11) is 2.52. The van der Waals surface area contributed by atoms with Crippen LogP contribution in [0.5, 0.6) is 0 Å². The Morgan fingerprint density at radius 2 is 1.30 bits per heavy atom. The highest BCUT2D eigenvalue weighted by Crippen LogP contribution is 2.18. The van der Waals surface area contributed by atoms with Gasteiger partial charge in [0.1, 0.15) is 11.5 Å². The van der Waals surface area contributed by atoms with Crippen molar-refractivity contribution >= 4 is 11.9 Å². The molecule has 0 N–H and O–H groups in total. The van der Waals surface area contributed by atoms with Crippen LogP contribution < -0.4 is 0 Å². The predicted molar refractivity (Wildman–Crippen MR) is 105 cm³/mol. The molecule has 0 amide bonds. The van der Waals surface area contributed by atoms with Crippen LogP contribution in [0.15, 0.2) is 16.5 Å². The third-order valence-electron chi connectivity index (χ3n) is 4.87.